The predicted octanol–water partition coefficient (Wildman–Crippen LogP) is 4.38. The van der Waals surface area contributed by atoms with Crippen molar-refractivity contribution in [2.24, 2.45) is 5.73 Å². The first-order valence-corrected chi connectivity index (χ1v) is 11.9. The molecule has 5 heteroatoms. The van der Waals surface area contributed by atoms with Crippen LogP contribution in [0.25, 0.3) is 0 Å². The molecule has 0 saturated carbocycles. The minimum absolute atomic E-state index is 0.0100. The maximum absolute atomic E-state index is 12.8. The van der Waals surface area contributed by atoms with Crippen molar-refractivity contribution >= 4 is 11.9 Å². The molecular weight excluding hydrogens is 438 g/mol. The van der Waals surface area contributed by atoms with E-state index in [9.17, 15) is 9.59 Å². The quantitative estimate of drug-likeness (QED) is 0.302. The van der Waals surface area contributed by atoms with Gasteiger partial charge in [0.15, 0.2) is 0 Å². The third kappa shape index (κ3) is 3.34. The molecule has 0 heterocycles. The lowest BCUT2D eigenvalue weighted by Crippen LogP contribution is -2.54. The first-order chi connectivity index (χ1) is 17.0. The third-order valence-electron chi connectivity index (χ3n) is 7.48. The van der Waals surface area contributed by atoms with Crippen LogP contribution < -0.4 is 5.73 Å². The van der Waals surface area contributed by atoms with Gasteiger partial charge in [-0.1, -0.05) is 79.4 Å². The van der Waals surface area contributed by atoms with Gasteiger partial charge in [0.25, 0.3) is 0 Å². The average molecular weight is 468 g/mol. The van der Waals surface area contributed by atoms with E-state index in [-0.39, 0.29) is 25.6 Å². The van der Waals surface area contributed by atoms with Gasteiger partial charge in [-0.3, -0.25) is 4.79 Å². The number of benzene rings is 3. The molecule has 178 valence electrons. The molecule has 0 radical (unpaired) electrons. The SMILES string of the molecule is C=C(C)C(=O)OCCOC(=O)CCC12c3ccccc3C(CN)(c3ccccc31)c1ccccc12. The van der Waals surface area contributed by atoms with Gasteiger partial charge in [-0.15, -0.1) is 0 Å². The third-order valence-corrected chi connectivity index (χ3v) is 7.48. The second-order valence-electron chi connectivity index (χ2n) is 9.29. The van der Waals surface area contributed by atoms with Crippen molar-refractivity contribution < 1.29 is 19.1 Å². The van der Waals surface area contributed by atoms with E-state index in [0.29, 0.717) is 18.5 Å². The Hall–Kier alpha value is -3.70. The highest BCUT2D eigenvalue weighted by Crippen LogP contribution is 2.62. The molecule has 0 atom stereocenters. The standard InChI is InChI=1S/C30H29NO4/c1-20(2)28(33)35-18-17-34-27(32)15-16-29-21-9-3-6-12-24(21)30(19-31,25-13-7-4-10-22(25)29)26-14-8-5-11-23(26)29/h3-14H,1,15-19,31H2,2H3. The summed E-state index contributed by atoms with van der Waals surface area (Å²) >= 11 is 0. The van der Waals surface area contributed by atoms with Crippen LogP contribution in [0.5, 0.6) is 0 Å². The Morgan fingerprint density at radius 2 is 1.14 bits per heavy atom. The van der Waals surface area contributed by atoms with Crippen molar-refractivity contribution in [2.75, 3.05) is 19.8 Å². The van der Waals surface area contributed by atoms with E-state index in [1.54, 1.807) is 6.92 Å². The molecule has 0 saturated heterocycles. The summed E-state index contributed by atoms with van der Waals surface area (Å²) in [7, 11) is 0. The van der Waals surface area contributed by atoms with Crippen LogP contribution in [0.15, 0.2) is 84.9 Å². The summed E-state index contributed by atoms with van der Waals surface area (Å²) in [6.07, 6.45) is 0.782. The normalized spacial score (nSPS) is 20.9. The Bertz CT molecular complexity index is 1210. The van der Waals surface area contributed by atoms with E-state index in [1.165, 1.54) is 33.4 Å². The van der Waals surface area contributed by atoms with Crippen molar-refractivity contribution in [1.82, 2.24) is 0 Å². The topological polar surface area (TPSA) is 78.6 Å². The second-order valence-corrected chi connectivity index (χ2v) is 9.29. The molecule has 6 rings (SSSR count). The van der Waals surface area contributed by atoms with Crippen molar-refractivity contribution in [3.05, 3.63) is 118 Å². The fourth-order valence-electron chi connectivity index (χ4n) is 6.06. The number of nitrogens with two attached hydrogens (primary N) is 1. The van der Waals surface area contributed by atoms with Crippen molar-refractivity contribution in [3.63, 3.8) is 0 Å². The fourth-order valence-corrected chi connectivity index (χ4v) is 6.06. The van der Waals surface area contributed by atoms with Gasteiger partial charge < -0.3 is 15.2 Å². The predicted molar refractivity (Wildman–Crippen MR) is 134 cm³/mol. The minimum Gasteiger partial charge on any atom is -0.462 e. The van der Waals surface area contributed by atoms with Gasteiger partial charge >= 0.3 is 11.9 Å². The Morgan fingerprint density at radius 3 is 1.54 bits per heavy atom. The molecule has 5 nitrogen and oxygen atoms in total. The molecule has 3 aliphatic rings. The van der Waals surface area contributed by atoms with E-state index < -0.39 is 16.8 Å². The Kier molecular flexibility index (Phi) is 5.81. The Balaban J connectivity index is 1.50. The molecule has 3 aromatic carbocycles. The van der Waals surface area contributed by atoms with Crippen LogP contribution in [0.2, 0.25) is 0 Å². The van der Waals surface area contributed by atoms with Crippen molar-refractivity contribution in [2.45, 2.75) is 30.6 Å². The summed E-state index contributed by atoms with van der Waals surface area (Å²) in [5.41, 5.74) is 13.2. The lowest BCUT2D eigenvalue weighted by atomic mass is 9.46. The van der Waals surface area contributed by atoms with E-state index in [2.05, 4.69) is 79.4 Å². The largest absolute Gasteiger partial charge is 0.462 e. The Labute approximate surface area is 205 Å². The molecule has 3 aromatic rings. The molecule has 2 N–H and O–H groups in total. The van der Waals surface area contributed by atoms with Gasteiger partial charge in [-0.2, -0.15) is 0 Å². The molecule has 0 aromatic heterocycles. The van der Waals surface area contributed by atoms with Gasteiger partial charge in [0.1, 0.15) is 13.2 Å². The summed E-state index contributed by atoms with van der Waals surface area (Å²) in [4.78, 5) is 24.3. The van der Waals surface area contributed by atoms with E-state index in [1.807, 2.05) is 0 Å². The minimum atomic E-state index is -0.488. The first kappa shape index (κ1) is 23.1. The summed E-state index contributed by atoms with van der Waals surface area (Å²) in [6.45, 7) is 5.61. The van der Waals surface area contributed by atoms with Crippen LogP contribution in [-0.4, -0.2) is 31.7 Å². The van der Waals surface area contributed by atoms with Crippen molar-refractivity contribution in [1.29, 1.82) is 0 Å². The lowest BCUT2D eigenvalue weighted by Gasteiger charge is -2.56. The lowest BCUT2D eigenvalue weighted by molar-refractivity contribution is -0.150. The van der Waals surface area contributed by atoms with E-state index in [0.717, 1.165) is 0 Å². The smallest absolute Gasteiger partial charge is 0.333 e. The average Bonchev–Trinajstić information content (AvgIpc) is 2.90. The highest BCUT2D eigenvalue weighted by Gasteiger charge is 2.57. The van der Waals surface area contributed by atoms with Gasteiger partial charge in [0.2, 0.25) is 0 Å². The zero-order valence-electron chi connectivity index (χ0n) is 19.9. The summed E-state index contributed by atoms with van der Waals surface area (Å²) < 4.78 is 10.4. The maximum atomic E-state index is 12.8. The summed E-state index contributed by atoms with van der Waals surface area (Å²) in [5.74, 6) is -0.808. The number of hydrogen-bond donors (Lipinski definition) is 1. The van der Waals surface area contributed by atoms with Crippen LogP contribution >= 0.6 is 0 Å². The Morgan fingerprint density at radius 1 is 0.743 bits per heavy atom. The number of carbonyl (C=O) groups is 2. The number of rotatable bonds is 8. The van der Waals surface area contributed by atoms with Crippen LogP contribution in [0, 0.1) is 0 Å². The van der Waals surface area contributed by atoms with Crippen molar-refractivity contribution in [3.8, 4) is 0 Å². The molecule has 0 amide bonds. The summed E-state index contributed by atoms with van der Waals surface area (Å²) in [6, 6.07) is 25.4. The zero-order valence-corrected chi connectivity index (χ0v) is 19.9. The number of carbonyl (C=O) groups excluding carboxylic acids is 2. The van der Waals surface area contributed by atoms with Crippen LogP contribution in [0.4, 0.5) is 0 Å². The van der Waals surface area contributed by atoms with E-state index >= 15 is 0 Å². The second kappa shape index (κ2) is 8.82. The van der Waals surface area contributed by atoms with E-state index in [4.69, 9.17) is 15.2 Å². The van der Waals surface area contributed by atoms with Crippen LogP contribution in [0.1, 0.15) is 53.1 Å². The monoisotopic (exact) mass is 467 g/mol. The molecular formula is C30H29NO4. The zero-order chi connectivity index (χ0) is 24.6. The number of ether oxygens (including phenoxy) is 2. The number of esters is 2. The summed E-state index contributed by atoms with van der Waals surface area (Å²) in [5, 5.41) is 0. The van der Waals surface area contributed by atoms with Gasteiger partial charge in [-0.25, -0.2) is 4.79 Å². The molecule has 0 fully saturated rings. The molecule has 2 bridgehead atoms. The highest BCUT2D eigenvalue weighted by atomic mass is 16.6. The van der Waals surface area contributed by atoms with Crippen LogP contribution in [0.3, 0.4) is 0 Å². The molecule has 35 heavy (non-hydrogen) atoms. The number of hydrogen-bond acceptors (Lipinski definition) is 5. The highest BCUT2D eigenvalue weighted by molar-refractivity contribution is 5.87. The first-order valence-electron chi connectivity index (χ1n) is 11.9. The van der Waals surface area contributed by atoms with Gasteiger partial charge in [0, 0.05) is 24.0 Å². The van der Waals surface area contributed by atoms with Crippen LogP contribution in [-0.2, 0) is 29.9 Å². The fraction of sp³-hybridized carbons (Fsp3) is 0.267. The molecule has 0 aliphatic heterocycles. The molecule has 0 unspecified atom stereocenters. The van der Waals surface area contributed by atoms with Gasteiger partial charge in [-0.05, 0) is 46.7 Å². The maximum Gasteiger partial charge on any atom is 0.333 e. The molecule has 0 spiro atoms. The molecule has 3 aliphatic carbocycles. The van der Waals surface area contributed by atoms with Gasteiger partial charge in [0.05, 0.1) is 5.41 Å².